The van der Waals surface area contributed by atoms with E-state index in [0.29, 0.717) is 12.8 Å². The van der Waals surface area contributed by atoms with Crippen LogP contribution < -0.4 is 9.47 Å². The maximum atomic E-state index is 6.30. The third kappa shape index (κ3) is 3.18. The lowest BCUT2D eigenvalue weighted by Crippen LogP contribution is -2.40. The number of ether oxygens (including phenoxy) is 2. The van der Waals surface area contributed by atoms with Crippen LogP contribution in [0.5, 0.6) is 11.5 Å². The quantitative estimate of drug-likeness (QED) is 0.744. The average Bonchev–Trinajstić information content (AvgIpc) is 2.60. The van der Waals surface area contributed by atoms with Crippen LogP contribution in [0.15, 0.2) is 12.1 Å². The Kier molecular flexibility index (Phi) is 4.89. The zero-order valence-corrected chi connectivity index (χ0v) is 15.9. The molecule has 132 valence electrons. The van der Waals surface area contributed by atoms with Gasteiger partial charge in [-0.3, -0.25) is 0 Å². The summed E-state index contributed by atoms with van der Waals surface area (Å²) in [4.78, 5) is 0. The molecule has 1 aliphatic carbocycles. The molecule has 3 rings (SSSR count). The van der Waals surface area contributed by atoms with Crippen molar-refractivity contribution < 1.29 is 14.0 Å². The van der Waals surface area contributed by atoms with Crippen LogP contribution in [0.2, 0.25) is 0 Å². The summed E-state index contributed by atoms with van der Waals surface area (Å²) in [6.07, 6.45) is 8.67. The summed E-state index contributed by atoms with van der Waals surface area (Å²) in [6.45, 7) is 9.84. The second-order valence-electron chi connectivity index (χ2n) is 8.08. The first-order valence-corrected chi connectivity index (χ1v) is 9.42. The normalized spacial score (nSPS) is 24.0. The minimum absolute atomic E-state index is 0.0762. The third-order valence-electron chi connectivity index (χ3n) is 6.09. The number of nitrogens with zero attached hydrogens (tertiary/aromatic N) is 1. The van der Waals surface area contributed by atoms with Gasteiger partial charge in [0.15, 0.2) is 12.3 Å². The van der Waals surface area contributed by atoms with E-state index in [4.69, 9.17) is 9.47 Å². The van der Waals surface area contributed by atoms with Crippen molar-refractivity contribution in [3.63, 3.8) is 0 Å². The second-order valence-corrected chi connectivity index (χ2v) is 8.08. The molecular weight excluding hydrogens is 298 g/mol. The van der Waals surface area contributed by atoms with Gasteiger partial charge < -0.3 is 9.47 Å². The van der Waals surface area contributed by atoms with E-state index in [1.54, 1.807) is 7.11 Å². The minimum atomic E-state index is 0.0762. The van der Waals surface area contributed by atoms with E-state index in [0.717, 1.165) is 29.4 Å². The SMILES string of the molecule is CCC(C)(C)c1cc(OC)cc2c1OC[N+](C1CCCCC1C)=C2. The summed E-state index contributed by atoms with van der Waals surface area (Å²) in [5, 5.41) is 0. The molecular formula is C21H32NO2+. The average molecular weight is 330 g/mol. The van der Waals surface area contributed by atoms with Crippen LogP contribution in [0.4, 0.5) is 0 Å². The van der Waals surface area contributed by atoms with Crippen LogP contribution in [0.3, 0.4) is 0 Å². The van der Waals surface area contributed by atoms with Crippen molar-refractivity contribution in [2.75, 3.05) is 13.8 Å². The van der Waals surface area contributed by atoms with Crippen LogP contribution in [0.25, 0.3) is 0 Å². The fourth-order valence-corrected chi connectivity index (χ4v) is 4.03. The maximum Gasteiger partial charge on any atom is 0.287 e. The van der Waals surface area contributed by atoms with Gasteiger partial charge in [-0.15, -0.1) is 0 Å². The van der Waals surface area contributed by atoms with Crippen molar-refractivity contribution in [2.24, 2.45) is 5.92 Å². The first kappa shape index (κ1) is 17.3. The lowest BCUT2D eigenvalue weighted by molar-refractivity contribution is -0.601. The zero-order chi connectivity index (χ0) is 17.3. The highest BCUT2D eigenvalue weighted by Crippen LogP contribution is 2.40. The van der Waals surface area contributed by atoms with Gasteiger partial charge in [0, 0.05) is 17.9 Å². The summed E-state index contributed by atoms with van der Waals surface area (Å²) >= 11 is 0. The van der Waals surface area contributed by atoms with Gasteiger partial charge in [0.2, 0.25) is 0 Å². The van der Waals surface area contributed by atoms with E-state index in [1.807, 2.05) is 0 Å². The smallest absolute Gasteiger partial charge is 0.287 e. The summed E-state index contributed by atoms with van der Waals surface area (Å²) in [6, 6.07) is 4.86. The largest absolute Gasteiger partial charge is 0.497 e. The summed E-state index contributed by atoms with van der Waals surface area (Å²) in [5.74, 6) is 2.70. The van der Waals surface area contributed by atoms with E-state index in [-0.39, 0.29) is 5.41 Å². The molecule has 1 aliphatic heterocycles. The first-order chi connectivity index (χ1) is 11.5. The molecule has 0 radical (unpaired) electrons. The molecule has 1 aromatic carbocycles. The third-order valence-corrected chi connectivity index (χ3v) is 6.09. The lowest BCUT2D eigenvalue weighted by atomic mass is 9.80. The molecule has 1 aromatic rings. The topological polar surface area (TPSA) is 21.5 Å². The Labute approximate surface area is 146 Å². The maximum absolute atomic E-state index is 6.30. The number of hydrogen-bond donors (Lipinski definition) is 0. The molecule has 3 heteroatoms. The van der Waals surface area contributed by atoms with Crippen molar-refractivity contribution >= 4 is 6.21 Å². The Hall–Kier alpha value is -1.51. The van der Waals surface area contributed by atoms with Crippen LogP contribution in [-0.2, 0) is 5.41 Å². The molecule has 0 spiro atoms. The molecule has 0 amide bonds. The summed E-state index contributed by atoms with van der Waals surface area (Å²) in [5.41, 5.74) is 2.49. The fourth-order valence-electron chi connectivity index (χ4n) is 4.03. The number of fused-ring (bicyclic) bond motifs is 1. The molecule has 24 heavy (non-hydrogen) atoms. The predicted molar refractivity (Wildman–Crippen MR) is 98.7 cm³/mol. The van der Waals surface area contributed by atoms with Gasteiger partial charge in [-0.25, -0.2) is 0 Å². The van der Waals surface area contributed by atoms with E-state index in [1.165, 1.54) is 31.2 Å². The summed E-state index contributed by atoms with van der Waals surface area (Å²) in [7, 11) is 1.75. The standard InChI is InChI=1S/C21H32NO2/c1-6-21(3,4)18-12-17(23-5)11-16-13-22(14-24-20(16)18)19-10-8-7-9-15(19)2/h11-13,15,19H,6-10,14H2,1-5H3/q+1. The molecule has 2 aliphatic rings. The Morgan fingerprint density at radius 1 is 1.25 bits per heavy atom. The van der Waals surface area contributed by atoms with Gasteiger partial charge in [-0.1, -0.05) is 34.1 Å². The Morgan fingerprint density at radius 3 is 2.67 bits per heavy atom. The lowest BCUT2D eigenvalue weighted by Gasteiger charge is -2.31. The molecule has 0 saturated heterocycles. The fraction of sp³-hybridized carbons (Fsp3) is 0.667. The number of rotatable bonds is 4. The number of methoxy groups -OCH3 is 1. The second kappa shape index (κ2) is 6.78. The monoisotopic (exact) mass is 330 g/mol. The molecule has 1 fully saturated rings. The minimum Gasteiger partial charge on any atom is -0.497 e. The molecule has 0 bridgehead atoms. The van der Waals surface area contributed by atoms with E-state index >= 15 is 0 Å². The Morgan fingerprint density at radius 2 is 2.00 bits per heavy atom. The van der Waals surface area contributed by atoms with Crippen LogP contribution in [0.1, 0.15) is 70.9 Å². The first-order valence-electron chi connectivity index (χ1n) is 9.42. The van der Waals surface area contributed by atoms with Gasteiger partial charge >= 0.3 is 0 Å². The van der Waals surface area contributed by atoms with E-state index in [2.05, 4.69) is 50.6 Å². The predicted octanol–water partition coefficient (Wildman–Crippen LogP) is 4.74. The molecule has 1 heterocycles. The van der Waals surface area contributed by atoms with E-state index < -0.39 is 0 Å². The molecule has 2 unspecified atom stereocenters. The van der Waals surface area contributed by atoms with Gasteiger partial charge in [0.25, 0.3) is 6.73 Å². The highest BCUT2D eigenvalue weighted by Gasteiger charge is 2.35. The molecule has 3 nitrogen and oxygen atoms in total. The van der Waals surface area contributed by atoms with Crippen LogP contribution in [-0.4, -0.2) is 30.7 Å². The molecule has 1 saturated carbocycles. The molecule has 0 aromatic heterocycles. The van der Waals surface area contributed by atoms with Gasteiger partial charge in [0.1, 0.15) is 11.5 Å². The van der Waals surface area contributed by atoms with Gasteiger partial charge in [0.05, 0.1) is 12.7 Å². The number of benzene rings is 1. The van der Waals surface area contributed by atoms with Crippen LogP contribution >= 0.6 is 0 Å². The summed E-state index contributed by atoms with van der Waals surface area (Å²) < 4.78 is 14.3. The van der Waals surface area contributed by atoms with Crippen molar-refractivity contribution in [1.82, 2.24) is 0 Å². The van der Waals surface area contributed by atoms with Crippen LogP contribution in [0, 0.1) is 5.92 Å². The van der Waals surface area contributed by atoms with Crippen molar-refractivity contribution in [1.29, 1.82) is 0 Å². The van der Waals surface area contributed by atoms with Gasteiger partial charge in [-0.05, 0) is 36.8 Å². The Bertz CT molecular complexity index is 633. The Balaban J connectivity index is 2.03. The zero-order valence-electron chi connectivity index (χ0n) is 15.9. The number of hydrogen-bond acceptors (Lipinski definition) is 2. The van der Waals surface area contributed by atoms with Gasteiger partial charge in [-0.2, -0.15) is 4.58 Å². The van der Waals surface area contributed by atoms with Crippen molar-refractivity contribution in [3.8, 4) is 11.5 Å². The molecule has 2 atom stereocenters. The highest BCUT2D eigenvalue weighted by molar-refractivity contribution is 5.83. The van der Waals surface area contributed by atoms with Crippen molar-refractivity contribution in [2.45, 2.75) is 71.3 Å². The van der Waals surface area contributed by atoms with Crippen molar-refractivity contribution in [3.05, 3.63) is 23.3 Å². The van der Waals surface area contributed by atoms with E-state index in [9.17, 15) is 0 Å². The molecule has 0 N–H and O–H groups in total. The highest BCUT2D eigenvalue weighted by atomic mass is 16.5.